The van der Waals surface area contributed by atoms with Crippen molar-refractivity contribution in [3.05, 3.63) is 42.0 Å². The van der Waals surface area contributed by atoms with Gasteiger partial charge in [0.05, 0.1) is 5.56 Å². The van der Waals surface area contributed by atoms with E-state index in [1.165, 1.54) is 16.9 Å². The Morgan fingerprint density at radius 3 is 2.75 bits per heavy atom. The third kappa shape index (κ3) is 1.60. The molecule has 2 aromatic rings. The second-order valence-corrected chi connectivity index (χ2v) is 3.21. The molecule has 1 amide bonds. The van der Waals surface area contributed by atoms with Gasteiger partial charge in [-0.2, -0.15) is 5.10 Å². The first kappa shape index (κ1) is 10.2. The molecule has 4 N–H and O–H groups in total. The second kappa shape index (κ2) is 3.65. The number of primary amides is 1. The van der Waals surface area contributed by atoms with Crippen LogP contribution in [0.1, 0.15) is 10.4 Å². The number of anilines is 1. The fourth-order valence-electron chi connectivity index (χ4n) is 1.38. The zero-order chi connectivity index (χ0) is 11.7. The number of nitrogens with two attached hydrogens (primary N) is 2. The van der Waals surface area contributed by atoms with E-state index in [0.717, 1.165) is 6.07 Å². The van der Waals surface area contributed by atoms with Gasteiger partial charge in [0.2, 0.25) is 0 Å². The number of amides is 1. The van der Waals surface area contributed by atoms with Crippen molar-refractivity contribution < 1.29 is 9.18 Å². The Balaban J connectivity index is 2.63. The van der Waals surface area contributed by atoms with Crippen LogP contribution in [-0.4, -0.2) is 15.7 Å². The Kier molecular flexibility index (Phi) is 2.32. The predicted octanol–water partition coefficient (Wildman–Crippen LogP) is 0.693. The minimum atomic E-state index is -0.703. The quantitative estimate of drug-likeness (QED) is 0.730. The van der Waals surface area contributed by atoms with Gasteiger partial charge in [-0.1, -0.05) is 0 Å². The molecule has 0 spiro atoms. The van der Waals surface area contributed by atoms with E-state index in [2.05, 4.69) is 5.10 Å². The van der Waals surface area contributed by atoms with Crippen LogP contribution in [0, 0.1) is 5.82 Å². The number of carbonyl (C=O) groups is 1. The fourth-order valence-corrected chi connectivity index (χ4v) is 1.38. The minimum absolute atomic E-state index is 0.0147. The minimum Gasteiger partial charge on any atom is -0.398 e. The van der Waals surface area contributed by atoms with Crippen molar-refractivity contribution in [2.75, 3.05) is 5.73 Å². The maximum absolute atomic E-state index is 13.6. The molecule has 0 atom stereocenters. The van der Waals surface area contributed by atoms with Crippen LogP contribution in [0.5, 0.6) is 0 Å². The number of halogens is 1. The van der Waals surface area contributed by atoms with Gasteiger partial charge in [-0.3, -0.25) is 4.79 Å². The van der Waals surface area contributed by atoms with Gasteiger partial charge in [0, 0.05) is 18.1 Å². The molecule has 0 radical (unpaired) electrons. The van der Waals surface area contributed by atoms with Crippen LogP contribution in [-0.2, 0) is 0 Å². The van der Waals surface area contributed by atoms with E-state index in [1.54, 1.807) is 12.3 Å². The molecule has 0 aliphatic heterocycles. The molecular formula is C10H9FN4O. The third-order valence-corrected chi connectivity index (χ3v) is 2.14. The molecule has 82 valence electrons. The number of rotatable bonds is 2. The lowest BCUT2D eigenvalue weighted by Crippen LogP contribution is -2.15. The third-order valence-electron chi connectivity index (χ3n) is 2.14. The zero-order valence-corrected chi connectivity index (χ0v) is 8.22. The lowest BCUT2D eigenvalue weighted by molar-refractivity contribution is 0.100. The molecule has 2 rings (SSSR count). The molecule has 1 aromatic heterocycles. The predicted molar refractivity (Wildman–Crippen MR) is 56.5 cm³/mol. The van der Waals surface area contributed by atoms with Crippen LogP contribution in [0.4, 0.5) is 10.1 Å². The van der Waals surface area contributed by atoms with Crippen molar-refractivity contribution >= 4 is 11.6 Å². The van der Waals surface area contributed by atoms with E-state index in [9.17, 15) is 9.18 Å². The van der Waals surface area contributed by atoms with E-state index < -0.39 is 11.7 Å². The zero-order valence-electron chi connectivity index (χ0n) is 8.22. The molecule has 0 aliphatic rings. The fraction of sp³-hybridized carbons (Fsp3) is 0. The highest BCUT2D eigenvalue weighted by Crippen LogP contribution is 2.20. The lowest BCUT2D eigenvalue weighted by Gasteiger charge is -2.07. The van der Waals surface area contributed by atoms with E-state index in [0.29, 0.717) is 0 Å². The van der Waals surface area contributed by atoms with Crippen LogP contribution < -0.4 is 11.5 Å². The van der Waals surface area contributed by atoms with Crippen LogP contribution in [0.2, 0.25) is 0 Å². The molecule has 0 unspecified atom stereocenters. The summed E-state index contributed by atoms with van der Waals surface area (Å²) in [7, 11) is 0. The first-order chi connectivity index (χ1) is 7.59. The lowest BCUT2D eigenvalue weighted by atomic mass is 10.1. The summed E-state index contributed by atoms with van der Waals surface area (Å²) in [4.78, 5) is 11.0. The summed E-state index contributed by atoms with van der Waals surface area (Å²) >= 11 is 0. The van der Waals surface area contributed by atoms with Crippen molar-refractivity contribution in [3.8, 4) is 5.69 Å². The first-order valence-electron chi connectivity index (χ1n) is 4.48. The largest absolute Gasteiger partial charge is 0.398 e. The average Bonchev–Trinajstić information content (AvgIpc) is 2.70. The number of hydrogen-bond acceptors (Lipinski definition) is 3. The maximum Gasteiger partial charge on any atom is 0.250 e. The first-order valence-corrected chi connectivity index (χ1v) is 4.48. The van der Waals surface area contributed by atoms with Crippen LogP contribution in [0.15, 0.2) is 30.6 Å². The molecule has 1 heterocycles. The normalized spacial score (nSPS) is 10.3. The van der Waals surface area contributed by atoms with Crippen molar-refractivity contribution in [2.24, 2.45) is 5.73 Å². The molecule has 0 saturated carbocycles. The Labute approximate surface area is 90.5 Å². The highest BCUT2D eigenvalue weighted by molar-refractivity contribution is 5.98. The monoisotopic (exact) mass is 220 g/mol. The highest BCUT2D eigenvalue weighted by Gasteiger charge is 2.13. The van der Waals surface area contributed by atoms with Crippen molar-refractivity contribution in [3.63, 3.8) is 0 Å². The van der Waals surface area contributed by atoms with Gasteiger partial charge >= 0.3 is 0 Å². The van der Waals surface area contributed by atoms with Gasteiger partial charge < -0.3 is 11.5 Å². The molecule has 1 aromatic carbocycles. The molecule has 6 heteroatoms. The topological polar surface area (TPSA) is 86.9 Å². The average molecular weight is 220 g/mol. The summed E-state index contributed by atoms with van der Waals surface area (Å²) < 4.78 is 14.9. The summed E-state index contributed by atoms with van der Waals surface area (Å²) in [6.45, 7) is 0. The van der Waals surface area contributed by atoms with Crippen LogP contribution in [0.3, 0.4) is 0 Å². The summed E-state index contributed by atoms with van der Waals surface area (Å²) in [5.41, 5.74) is 10.8. The summed E-state index contributed by atoms with van der Waals surface area (Å²) in [5.74, 6) is -1.27. The Morgan fingerprint density at radius 1 is 1.44 bits per heavy atom. The van der Waals surface area contributed by atoms with Gasteiger partial charge in [-0.05, 0) is 18.2 Å². The van der Waals surface area contributed by atoms with Crippen LogP contribution >= 0.6 is 0 Å². The van der Waals surface area contributed by atoms with Crippen molar-refractivity contribution in [2.45, 2.75) is 0 Å². The summed E-state index contributed by atoms with van der Waals surface area (Å²) in [6, 6.07) is 3.97. The molecular weight excluding hydrogens is 211 g/mol. The Bertz CT molecular complexity index is 536. The standard InChI is InChI=1S/C10H9FN4O/c11-7-5-8(12)6(10(13)16)4-9(7)15-3-1-2-14-15/h1-5H,12H2,(H2,13,16). The molecule has 0 fully saturated rings. The van der Waals surface area contributed by atoms with E-state index in [1.807, 2.05) is 0 Å². The number of nitrogen functional groups attached to an aromatic ring is 1. The number of carbonyl (C=O) groups excluding carboxylic acids is 1. The molecule has 0 aliphatic carbocycles. The van der Waals surface area contributed by atoms with Gasteiger partial charge in [0.15, 0.2) is 5.82 Å². The SMILES string of the molecule is NC(=O)c1cc(-n2cccn2)c(F)cc1N. The van der Waals surface area contributed by atoms with Gasteiger partial charge in [-0.25, -0.2) is 9.07 Å². The molecule has 0 bridgehead atoms. The Hall–Kier alpha value is -2.37. The van der Waals surface area contributed by atoms with E-state index >= 15 is 0 Å². The number of nitrogens with zero attached hydrogens (tertiary/aromatic N) is 2. The molecule has 16 heavy (non-hydrogen) atoms. The smallest absolute Gasteiger partial charge is 0.250 e. The van der Waals surface area contributed by atoms with Gasteiger partial charge in [0.1, 0.15) is 5.69 Å². The maximum atomic E-state index is 13.6. The summed E-state index contributed by atoms with van der Waals surface area (Å²) in [6.07, 6.45) is 3.05. The van der Waals surface area contributed by atoms with E-state index in [4.69, 9.17) is 11.5 Å². The highest BCUT2D eigenvalue weighted by atomic mass is 19.1. The van der Waals surface area contributed by atoms with Crippen LogP contribution in [0.25, 0.3) is 5.69 Å². The van der Waals surface area contributed by atoms with Gasteiger partial charge in [0.25, 0.3) is 5.91 Å². The second-order valence-electron chi connectivity index (χ2n) is 3.21. The molecule has 0 saturated heterocycles. The molecule has 5 nitrogen and oxygen atoms in total. The Morgan fingerprint density at radius 2 is 2.19 bits per heavy atom. The number of hydrogen-bond donors (Lipinski definition) is 2. The van der Waals surface area contributed by atoms with Gasteiger partial charge in [-0.15, -0.1) is 0 Å². The van der Waals surface area contributed by atoms with Crippen molar-refractivity contribution in [1.82, 2.24) is 9.78 Å². The van der Waals surface area contributed by atoms with Crippen molar-refractivity contribution in [1.29, 1.82) is 0 Å². The number of aromatic nitrogens is 2. The number of benzene rings is 1. The summed E-state index contributed by atoms with van der Waals surface area (Å²) in [5, 5.41) is 3.86. The van der Waals surface area contributed by atoms with E-state index in [-0.39, 0.29) is 16.9 Å².